The molecule has 1 saturated carbocycles. The summed E-state index contributed by atoms with van der Waals surface area (Å²) in [6.45, 7) is 0. The number of imide groups is 1. The van der Waals surface area contributed by atoms with Gasteiger partial charge < -0.3 is 10.8 Å². The maximum absolute atomic E-state index is 12.4. The van der Waals surface area contributed by atoms with Crippen molar-refractivity contribution in [2.45, 2.75) is 38.5 Å². The topological polar surface area (TPSA) is 83.6 Å². The summed E-state index contributed by atoms with van der Waals surface area (Å²) in [5.74, 6) is -0.337. The van der Waals surface area contributed by atoms with Crippen molar-refractivity contribution in [2.24, 2.45) is 5.41 Å². The number of nitrogens with zero attached hydrogens (tertiary/aromatic N) is 1. The first-order valence-electron chi connectivity index (χ1n) is 6.95. The van der Waals surface area contributed by atoms with E-state index in [2.05, 4.69) is 0 Å². The Kier molecular flexibility index (Phi) is 2.92. The Morgan fingerprint density at radius 3 is 2.25 bits per heavy atom. The van der Waals surface area contributed by atoms with Gasteiger partial charge in [-0.2, -0.15) is 0 Å². The van der Waals surface area contributed by atoms with Crippen LogP contribution in [0.25, 0.3) is 0 Å². The van der Waals surface area contributed by atoms with Crippen molar-refractivity contribution in [1.82, 2.24) is 0 Å². The molecule has 106 valence electrons. The van der Waals surface area contributed by atoms with E-state index in [9.17, 15) is 14.7 Å². The second-order valence-corrected chi connectivity index (χ2v) is 5.93. The quantitative estimate of drug-likeness (QED) is 0.607. The Morgan fingerprint density at radius 2 is 1.70 bits per heavy atom. The minimum atomic E-state index is -0.180. The second kappa shape index (κ2) is 4.51. The molecule has 0 aromatic heterocycles. The smallest absolute Gasteiger partial charge is 0.234 e. The normalized spacial score (nSPS) is 21.7. The van der Waals surface area contributed by atoms with Gasteiger partial charge in [-0.15, -0.1) is 0 Å². The predicted molar refractivity (Wildman–Crippen MR) is 75.1 cm³/mol. The third-order valence-corrected chi connectivity index (χ3v) is 4.47. The summed E-state index contributed by atoms with van der Waals surface area (Å²) in [4.78, 5) is 26.0. The molecule has 0 unspecified atom stereocenters. The summed E-state index contributed by atoms with van der Waals surface area (Å²) >= 11 is 0. The van der Waals surface area contributed by atoms with Crippen LogP contribution >= 0.6 is 0 Å². The monoisotopic (exact) mass is 274 g/mol. The number of piperidine rings is 1. The van der Waals surface area contributed by atoms with E-state index < -0.39 is 0 Å². The summed E-state index contributed by atoms with van der Waals surface area (Å²) in [6.07, 6.45) is 4.95. The number of nitrogens with two attached hydrogens (primary N) is 1. The lowest BCUT2D eigenvalue weighted by Crippen LogP contribution is -2.47. The van der Waals surface area contributed by atoms with Crippen molar-refractivity contribution in [2.75, 3.05) is 10.6 Å². The lowest BCUT2D eigenvalue weighted by Gasteiger charge is -2.37. The van der Waals surface area contributed by atoms with Crippen molar-refractivity contribution in [3.63, 3.8) is 0 Å². The number of benzene rings is 1. The number of nitrogen functional groups attached to an aromatic ring is 1. The number of hydrogen-bond acceptors (Lipinski definition) is 4. The molecule has 1 heterocycles. The van der Waals surface area contributed by atoms with E-state index in [0.717, 1.165) is 25.7 Å². The highest BCUT2D eigenvalue weighted by Crippen LogP contribution is 2.48. The first-order valence-corrected chi connectivity index (χ1v) is 6.95. The molecule has 1 spiro atoms. The van der Waals surface area contributed by atoms with Crippen LogP contribution in [-0.2, 0) is 9.59 Å². The average molecular weight is 274 g/mol. The van der Waals surface area contributed by atoms with Gasteiger partial charge in [0.05, 0.1) is 11.4 Å². The van der Waals surface area contributed by atoms with Crippen LogP contribution in [0.15, 0.2) is 18.2 Å². The summed E-state index contributed by atoms with van der Waals surface area (Å²) in [5, 5.41) is 9.37. The Hall–Kier alpha value is -2.04. The van der Waals surface area contributed by atoms with Crippen molar-refractivity contribution in [1.29, 1.82) is 0 Å². The second-order valence-electron chi connectivity index (χ2n) is 5.93. The summed E-state index contributed by atoms with van der Waals surface area (Å²) in [6, 6.07) is 4.31. The molecular formula is C15H18N2O3. The fraction of sp³-hybridized carbons (Fsp3) is 0.467. The molecule has 5 nitrogen and oxygen atoms in total. The lowest BCUT2D eigenvalue weighted by molar-refractivity contribution is -0.133. The number of anilines is 2. The average Bonchev–Trinajstić information content (AvgIpc) is 2.79. The van der Waals surface area contributed by atoms with Crippen LogP contribution in [0.2, 0.25) is 0 Å². The molecule has 20 heavy (non-hydrogen) atoms. The molecule has 5 heteroatoms. The third-order valence-electron chi connectivity index (χ3n) is 4.47. The molecule has 2 amide bonds. The maximum Gasteiger partial charge on any atom is 0.234 e. The Labute approximate surface area is 117 Å². The summed E-state index contributed by atoms with van der Waals surface area (Å²) < 4.78 is 0. The lowest BCUT2D eigenvalue weighted by atomic mass is 9.76. The zero-order chi connectivity index (χ0) is 14.3. The first kappa shape index (κ1) is 13.0. The van der Waals surface area contributed by atoms with Crippen LogP contribution in [-0.4, -0.2) is 16.9 Å². The number of rotatable bonds is 1. The van der Waals surface area contributed by atoms with Crippen molar-refractivity contribution in [3.05, 3.63) is 18.2 Å². The highest BCUT2D eigenvalue weighted by atomic mass is 16.3. The van der Waals surface area contributed by atoms with Crippen LogP contribution in [0.1, 0.15) is 38.5 Å². The highest BCUT2D eigenvalue weighted by Gasteiger charge is 2.45. The zero-order valence-electron chi connectivity index (χ0n) is 11.3. The number of carbonyl (C=O) groups is 2. The van der Waals surface area contributed by atoms with E-state index >= 15 is 0 Å². The van der Waals surface area contributed by atoms with Gasteiger partial charge in [0.25, 0.3) is 0 Å². The van der Waals surface area contributed by atoms with Gasteiger partial charge in [-0.25, -0.2) is 4.90 Å². The summed E-state index contributed by atoms with van der Waals surface area (Å²) in [5.41, 5.74) is 6.33. The van der Waals surface area contributed by atoms with Gasteiger partial charge in [-0.05, 0) is 30.4 Å². The number of hydrogen-bond donors (Lipinski definition) is 2. The Bertz CT molecular complexity index is 556. The molecule has 1 aromatic rings. The van der Waals surface area contributed by atoms with Crippen molar-refractivity contribution >= 4 is 23.2 Å². The van der Waals surface area contributed by atoms with E-state index in [-0.39, 0.29) is 28.7 Å². The van der Waals surface area contributed by atoms with E-state index in [1.807, 2.05) is 0 Å². The van der Waals surface area contributed by atoms with Gasteiger partial charge >= 0.3 is 0 Å². The SMILES string of the molecule is Nc1cc(O)ccc1N1C(=O)CC2(CCCC2)CC1=O. The van der Waals surface area contributed by atoms with Crippen molar-refractivity contribution in [3.8, 4) is 5.75 Å². The van der Waals surface area contributed by atoms with E-state index in [4.69, 9.17) is 5.73 Å². The zero-order valence-corrected chi connectivity index (χ0v) is 11.3. The number of phenolic OH excluding ortho intramolecular Hbond substituents is 1. The predicted octanol–water partition coefficient (Wildman–Crippen LogP) is 2.19. The minimum absolute atomic E-state index is 0.0235. The first-order chi connectivity index (χ1) is 9.51. The van der Waals surface area contributed by atoms with Gasteiger partial charge in [0.15, 0.2) is 0 Å². The van der Waals surface area contributed by atoms with Crippen LogP contribution in [0.5, 0.6) is 5.75 Å². The molecule has 1 saturated heterocycles. The third kappa shape index (κ3) is 2.03. The number of carbonyl (C=O) groups excluding carboxylic acids is 2. The van der Waals surface area contributed by atoms with Gasteiger partial charge in [0, 0.05) is 18.9 Å². The number of aromatic hydroxyl groups is 1. The fourth-order valence-corrected chi connectivity index (χ4v) is 3.49. The van der Waals surface area contributed by atoms with E-state index in [0.29, 0.717) is 18.5 Å². The molecule has 0 atom stereocenters. The Morgan fingerprint density at radius 1 is 1.10 bits per heavy atom. The van der Waals surface area contributed by atoms with Crippen LogP contribution in [0.4, 0.5) is 11.4 Å². The van der Waals surface area contributed by atoms with Crippen molar-refractivity contribution < 1.29 is 14.7 Å². The van der Waals surface area contributed by atoms with E-state index in [1.54, 1.807) is 0 Å². The van der Waals surface area contributed by atoms with E-state index in [1.165, 1.54) is 23.1 Å². The molecule has 0 radical (unpaired) electrons. The molecule has 2 fully saturated rings. The molecule has 3 rings (SSSR count). The van der Waals surface area contributed by atoms with Crippen LogP contribution in [0, 0.1) is 5.41 Å². The fourth-order valence-electron chi connectivity index (χ4n) is 3.49. The molecule has 1 aliphatic heterocycles. The van der Waals surface area contributed by atoms with Crippen LogP contribution in [0.3, 0.4) is 0 Å². The van der Waals surface area contributed by atoms with Gasteiger partial charge in [0.1, 0.15) is 5.75 Å². The Balaban J connectivity index is 1.91. The number of phenols is 1. The molecular weight excluding hydrogens is 256 g/mol. The molecule has 0 bridgehead atoms. The summed E-state index contributed by atoms with van der Waals surface area (Å²) in [7, 11) is 0. The standard InChI is InChI=1S/C15H18N2O3/c16-11-7-10(18)3-4-12(11)17-13(19)8-15(9-14(17)20)5-1-2-6-15/h3-4,7,18H,1-2,5-6,8-9,16H2. The van der Waals surface area contributed by atoms with Gasteiger partial charge in [0.2, 0.25) is 11.8 Å². The molecule has 1 aliphatic carbocycles. The molecule has 3 N–H and O–H groups in total. The molecule has 2 aliphatic rings. The maximum atomic E-state index is 12.4. The minimum Gasteiger partial charge on any atom is -0.508 e. The van der Waals surface area contributed by atoms with Gasteiger partial charge in [-0.1, -0.05) is 12.8 Å². The highest BCUT2D eigenvalue weighted by molar-refractivity contribution is 6.18. The van der Waals surface area contributed by atoms with Crippen LogP contribution < -0.4 is 10.6 Å². The molecule has 1 aromatic carbocycles. The number of amides is 2. The van der Waals surface area contributed by atoms with Gasteiger partial charge in [-0.3, -0.25) is 9.59 Å². The largest absolute Gasteiger partial charge is 0.508 e.